The fourth-order valence-corrected chi connectivity index (χ4v) is 3.03. The van der Waals surface area contributed by atoms with Gasteiger partial charge in [0, 0.05) is 24.5 Å². The lowest BCUT2D eigenvalue weighted by Crippen LogP contribution is -2.22. The third-order valence-corrected chi connectivity index (χ3v) is 4.58. The van der Waals surface area contributed by atoms with Crippen molar-refractivity contribution in [2.45, 2.75) is 26.2 Å². The molecule has 1 aliphatic rings. The predicted molar refractivity (Wildman–Crippen MR) is 109 cm³/mol. The van der Waals surface area contributed by atoms with Crippen molar-refractivity contribution in [1.29, 1.82) is 0 Å². The summed E-state index contributed by atoms with van der Waals surface area (Å²) in [5, 5.41) is 2.74. The molecule has 3 rings (SSSR count). The Morgan fingerprint density at radius 2 is 1.68 bits per heavy atom. The SMILES string of the molecule is Cc1ccc(OCCC(=O)OCC(=O)Nc2ccc(N3CCCC3)cc2)cc1. The van der Waals surface area contributed by atoms with Crippen molar-refractivity contribution in [3.63, 3.8) is 0 Å². The smallest absolute Gasteiger partial charge is 0.309 e. The van der Waals surface area contributed by atoms with E-state index in [2.05, 4.69) is 10.2 Å². The van der Waals surface area contributed by atoms with Crippen LogP contribution in [-0.4, -0.2) is 38.2 Å². The first-order chi connectivity index (χ1) is 13.6. The number of aryl methyl sites for hydroxylation is 1. The molecule has 6 nitrogen and oxygen atoms in total. The minimum absolute atomic E-state index is 0.0890. The molecule has 0 aromatic heterocycles. The first kappa shape index (κ1) is 19.7. The lowest BCUT2D eigenvalue weighted by atomic mass is 10.2. The van der Waals surface area contributed by atoms with Crippen LogP contribution < -0.4 is 15.0 Å². The van der Waals surface area contributed by atoms with E-state index in [1.807, 2.05) is 55.5 Å². The van der Waals surface area contributed by atoms with Crippen molar-refractivity contribution in [2.75, 3.05) is 36.5 Å². The molecule has 0 spiro atoms. The Morgan fingerprint density at radius 1 is 1.00 bits per heavy atom. The minimum Gasteiger partial charge on any atom is -0.493 e. The van der Waals surface area contributed by atoms with Crippen molar-refractivity contribution < 1.29 is 19.1 Å². The number of nitrogens with zero attached hydrogens (tertiary/aromatic N) is 1. The van der Waals surface area contributed by atoms with E-state index in [1.54, 1.807) is 0 Å². The Kier molecular flexibility index (Phi) is 6.89. The lowest BCUT2D eigenvalue weighted by Gasteiger charge is -2.17. The lowest BCUT2D eigenvalue weighted by molar-refractivity contribution is -0.147. The van der Waals surface area contributed by atoms with Crippen molar-refractivity contribution in [2.24, 2.45) is 0 Å². The summed E-state index contributed by atoms with van der Waals surface area (Å²) in [4.78, 5) is 26.0. The highest BCUT2D eigenvalue weighted by Crippen LogP contribution is 2.22. The summed E-state index contributed by atoms with van der Waals surface area (Å²) in [5.41, 5.74) is 2.99. The number of anilines is 2. The van der Waals surface area contributed by atoms with Crippen LogP contribution in [-0.2, 0) is 14.3 Å². The highest BCUT2D eigenvalue weighted by molar-refractivity contribution is 5.92. The van der Waals surface area contributed by atoms with Crippen LogP contribution in [0.3, 0.4) is 0 Å². The van der Waals surface area contributed by atoms with E-state index in [-0.39, 0.29) is 25.5 Å². The normalized spacial score (nSPS) is 13.2. The average molecular weight is 382 g/mol. The van der Waals surface area contributed by atoms with Crippen molar-refractivity contribution >= 4 is 23.3 Å². The Morgan fingerprint density at radius 3 is 2.36 bits per heavy atom. The second kappa shape index (κ2) is 9.78. The Hall–Kier alpha value is -3.02. The molecule has 2 aromatic rings. The minimum atomic E-state index is -0.466. The van der Waals surface area contributed by atoms with Crippen LogP contribution in [0.1, 0.15) is 24.8 Å². The Bertz CT molecular complexity index is 781. The highest BCUT2D eigenvalue weighted by atomic mass is 16.5. The van der Waals surface area contributed by atoms with Gasteiger partial charge in [0.1, 0.15) is 5.75 Å². The van der Waals surface area contributed by atoms with Gasteiger partial charge in [-0.3, -0.25) is 9.59 Å². The summed E-state index contributed by atoms with van der Waals surface area (Å²) in [6, 6.07) is 15.3. The van der Waals surface area contributed by atoms with E-state index in [0.717, 1.165) is 24.3 Å². The summed E-state index contributed by atoms with van der Waals surface area (Å²) in [6.45, 7) is 4.05. The fraction of sp³-hybridized carbons (Fsp3) is 0.364. The molecular weight excluding hydrogens is 356 g/mol. The fourth-order valence-electron chi connectivity index (χ4n) is 3.03. The molecule has 0 unspecified atom stereocenters. The van der Waals surface area contributed by atoms with Crippen LogP contribution in [0.25, 0.3) is 0 Å². The van der Waals surface area contributed by atoms with Gasteiger partial charge in [-0.05, 0) is 56.2 Å². The van der Waals surface area contributed by atoms with Crippen LogP contribution in [0.5, 0.6) is 5.75 Å². The van der Waals surface area contributed by atoms with Gasteiger partial charge < -0.3 is 19.7 Å². The largest absolute Gasteiger partial charge is 0.493 e. The Balaban J connectivity index is 1.34. The zero-order chi connectivity index (χ0) is 19.8. The van der Waals surface area contributed by atoms with Gasteiger partial charge in [0.05, 0.1) is 13.0 Å². The van der Waals surface area contributed by atoms with Crippen LogP contribution in [0.4, 0.5) is 11.4 Å². The average Bonchev–Trinajstić information content (AvgIpc) is 3.23. The van der Waals surface area contributed by atoms with Gasteiger partial charge in [0.2, 0.25) is 0 Å². The first-order valence-electron chi connectivity index (χ1n) is 9.60. The third-order valence-electron chi connectivity index (χ3n) is 4.58. The number of nitrogens with one attached hydrogen (secondary N) is 1. The van der Waals surface area contributed by atoms with Crippen LogP contribution in [0.2, 0.25) is 0 Å². The highest BCUT2D eigenvalue weighted by Gasteiger charge is 2.12. The summed E-state index contributed by atoms with van der Waals surface area (Å²) in [7, 11) is 0. The number of esters is 1. The zero-order valence-corrected chi connectivity index (χ0v) is 16.1. The van der Waals surface area contributed by atoms with Crippen LogP contribution in [0.15, 0.2) is 48.5 Å². The van der Waals surface area contributed by atoms with Crippen molar-refractivity contribution in [3.8, 4) is 5.75 Å². The van der Waals surface area contributed by atoms with Gasteiger partial charge >= 0.3 is 5.97 Å². The topological polar surface area (TPSA) is 67.9 Å². The van der Waals surface area contributed by atoms with E-state index in [1.165, 1.54) is 12.8 Å². The summed E-state index contributed by atoms with van der Waals surface area (Å²) >= 11 is 0. The molecule has 0 aliphatic carbocycles. The van der Waals surface area contributed by atoms with E-state index in [4.69, 9.17) is 9.47 Å². The molecule has 28 heavy (non-hydrogen) atoms. The van der Waals surface area contributed by atoms with Gasteiger partial charge in [-0.1, -0.05) is 17.7 Å². The molecule has 0 saturated carbocycles. The molecular formula is C22H26N2O4. The maximum absolute atomic E-state index is 12.0. The number of carbonyl (C=O) groups excluding carboxylic acids is 2. The Labute approximate surface area is 165 Å². The monoisotopic (exact) mass is 382 g/mol. The predicted octanol–water partition coefficient (Wildman–Crippen LogP) is 3.55. The number of rotatable bonds is 8. The number of amides is 1. The molecule has 148 valence electrons. The number of hydrogen-bond donors (Lipinski definition) is 1. The van der Waals surface area contributed by atoms with Crippen molar-refractivity contribution in [1.82, 2.24) is 0 Å². The van der Waals surface area contributed by atoms with Crippen LogP contribution in [0, 0.1) is 6.92 Å². The number of benzene rings is 2. The van der Waals surface area contributed by atoms with Gasteiger partial charge in [0.15, 0.2) is 6.61 Å². The molecule has 1 N–H and O–H groups in total. The number of ether oxygens (including phenoxy) is 2. The second-order valence-corrected chi connectivity index (χ2v) is 6.86. The van der Waals surface area contributed by atoms with Gasteiger partial charge in [-0.25, -0.2) is 0 Å². The van der Waals surface area contributed by atoms with E-state index < -0.39 is 5.97 Å². The molecule has 1 heterocycles. The molecule has 1 saturated heterocycles. The quantitative estimate of drug-likeness (QED) is 0.707. The van der Waals surface area contributed by atoms with Crippen LogP contribution >= 0.6 is 0 Å². The summed E-state index contributed by atoms with van der Waals surface area (Å²) in [5.74, 6) is -0.123. The molecule has 0 bridgehead atoms. The summed E-state index contributed by atoms with van der Waals surface area (Å²) in [6.07, 6.45) is 2.53. The van der Waals surface area contributed by atoms with Gasteiger partial charge in [-0.15, -0.1) is 0 Å². The van der Waals surface area contributed by atoms with E-state index >= 15 is 0 Å². The summed E-state index contributed by atoms with van der Waals surface area (Å²) < 4.78 is 10.5. The van der Waals surface area contributed by atoms with Crippen molar-refractivity contribution in [3.05, 3.63) is 54.1 Å². The molecule has 6 heteroatoms. The molecule has 1 amide bonds. The third kappa shape index (κ3) is 6.01. The number of carbonyl (C=O) groups is 2. The molecule has 0 atom stereocenters. The zero-order valence-electron chi connectivity index (χ0n) is 16.1. The standard InChI is InChI=1S/C22H26N2O4/c1-17-4-10-20(11-5-17)27-15-12-22(26)28-16-21(25)23-18-6-8-19(9-7-18)24-13-2-3-14-24/h4-11H,2-3,12-16H2,1H3,(H,23,25). The van der Waals surface area contributed by atoms with Gasteiger partial charge in [-0.2, -0.15) is 0 Å². The first-order valence-corrected chi connectivity index (χ1v) is 9.60. The molecule has 1 aliphatic heterocycles. The van der Waals surface area contributed by atoms with Gasteiger partial charge in [0.25, 0.3) is 5.91 Å². The second-order valence-electron chi connectivity index (χ2n) is 6.86. The van der Waals surface area contributed by atoms with E-state index in [9.17, 15) is 9.59 Å². The molecule has 2 aromatic carbocycles. The number of hydrogen-bond acceptors (Lipinski definition) is 5. The maximum atomic E-state index is 12.0. The van der Waals surface area contributed by atoms with E-state index in [0.29, 0.717) is 11.4 Å². The molecule has 1 fully saturated rings. The maximum Gasteiger partial charge on any atom is 0.309 e. The molecule has 0 radical (unpaired) electrons.